The van der Waals surface area contributed by atoms with E-state index in [1.807, 2.05) is 23.9 Å². The van der Waals surface area contributed by atoms with E-state index in [1.54, 1.807) is 0 Å². The van der Waals surface area contributed by atoms with Gasteiger partial charge in [0.1, 0.15) is 0 Å². The van der Waals surface area contributed by atoms with Gasteiger partial charge in [-0.05, 0) is 49.3 Å². The van der Waals surface area contributed by atoms with E-state index in [9.17, 15) is 4.79 Å². The Hall–Kier alpha value is -0.710. The van der Waals surface area contributed by atoms with E-state index >= 15 is 0 Å². The van der Waals surface area contributed by atoms with E-state index in [-0.39, 0.29) is 18.3 Å². The minimum absolute atomic E-state index is 0. The Balaban J connectivity index is 0.00000176. The Morgan fingerprint density at radius 2 is 1.95 bits per heavy atom. The third-order valence-corrected chi connectivity index (χ3v) is 5.51. The monoisotopic (exact) mass is 340 g/mol. The Kier molecular flexibility index (Phi) is 6.60. The molecule has 0 aromatic heterocycles. The molecule has 5 heteroatoms. The lowest BCUT2D eigenvalue weighted by atomic mass is 10.1. The van der Waals surface area contributed by atoms with Crippen molar-refractivity contribution in [3.05, 3.63) is 35.4 Å². The van der Waals surface area contributed by atoms with Gasteiger partial charge in [0.05, 0.1) is 0 Å². The molecule has 2 aliphatic heterocycles. The molecule has 2 bridgehead atoms. The zero-order chi connectivity index (χ0) is 14.7. The Labute approximate surface area is 143 Å². The third kappa shape index (κ3) is 3.79. The van der Waals surface area contributed by atoms with E-state index in [1.165, 1.54) is 12.0 Å². The molecule has 1 aromatic carbocycles. The normalized spacial score (nSPS) is 23.8. The average molecular weight is 341 g/mol. The molecular weight excluding hydrogens is 316 g/mol. The molecule has 0 aliphatic carbocycles. The van der Waals surface area contributed by atoms with Gasteiger partial charge in [0.15, 0.2) is 0 Å². The minimum Gasteiger partial charge on any atom is -0.331 e. The Morgan fingerprint density at radius 1 is 1.23 bits per heavy atom. The summed E-state index contributed by atoms with van der Waals surface area (Å²) in [4.78, 5) is 15.0. The summed E-state index contributed by atoms with van der Waals surface area (Å²) < 4.78 is 0. The average Bonchev–Trinajstić information content (AvgIpc) is 2.78. The molecule has 22 heavy (non-hydrogen) atoms. The van der Waals surface area contributed by atoms with Crippen LogP contribution < -0.4 is 5.32 Å². The van der Waals surface area contributed by atoms with Crippen molar-refractivity contribution in [2.24, 2.45) is 0 Å². The summed E-state index contributed by atoms with van der Waals surface area (Å²) in [5.74, 6) is 2.38. The summed E-state index contributed by atoms with van der Waals surface area (Å²) >= 11 is 1.91. The molecule has 2 aliphatic rings. The second-order valence-electron chi connectivity index (χ2n) is 5.92. The highest BCUT2D eigenvalue weighted by Crippen LogP contribution is 2.29. The number of benzene rings is 1. The predicted octanol–water partition coefficient (Wildman–Crippen LogP) is 3.33. The molecule has 1 aromatic rings. The number of carbonyl (C=O) groups excluding carboxylic acids is 1. The fraction of sp³-hybridized carbons (Fsp3) is 0.588. The van der Waals surface area contributed by atoms with Crippen LogP contribution in [0.4, 0.5) is 0 Å². The predicted molar refractivity (Wildman–Crippen MR) is 96.0 cm³/mol. The van der Waals surface area contributed by atoms with Crippen LogP contribution in [0.15, 0.2) is 24.3 Å². The van der Waals surface area contributed by atoms with E-state index in [4.69, 9.17) is 0 Å². The van der Waals surface area contributed by atoms with Crippen molar-refractivity contribution in [3.63, 3.8) is 0 Å². The van der Waals surface area contributed by atoms with Gasteiger partial charge in [-0.3, -0.25) is 4.79 Å². The molecule has 2 unspecified atom stereocenters. The molecule has 2 atom stereocenters. The van der Waals surface area contributed by atoms with Crippen molar-refractivity contribution in [1.29, 1.82) is 0 Å². The molecule has 3 nitrogen and oxygen atoms in total. The quantitative estimate of drug-likeness (QED) is 0.912. The first-order chi connectivity index (χ1) is 10.3. The molecule has 1 N–H and O–H groups in total. The van der Waals surface area contributed by atoms with Crippen molar-refractivity contribution in [1.82, 2.24) is 10.2 Å². The van der Waals surface area contributed by atoms with Crippen LogP contribution in [0.25, 0.3) is 0 Å². The molecule has 1 amide bonds. The number of fused-ring (bicyclic) bond motifs is 2. The molecule has 0 saturated carbocycles. The fourth-order valence-corrected chi connectivity index (χ4v) is 4.06. The van der Waals surface area contributed by atoms with E-state index in [0.29, 0.717) is 12.1 Å². The zero-order valence-electron chi connectivity index (χ0n) is 13.1. The third-order valence-electron chi connectivity index (χ3n) is 4.56. The zero-order valence-corrected chi connectivity index (χ0v) is 14.7. The van der Waals surface area contributed by atoms with Crippen molar-refractivity contribution >= 4 is 30.1 Å². The maximum atomic E-state index is 12.8. The number of rotatable bonds is 4. The largest absolute Gasteiger partial charge is 0.331 e. The molecular formula is C17H25ClN2OS. The molecule has 3 rings (SSSR count). The van der Waals surface area contributed by atoms with Crippen LogP contribution in [0.3, 0.4) is 0 Å². The van der Waals surface area contributed by atoms with Gasteiger partial charge in [-0.25, -0.2) is 0 Å². The van der Waals surface area contributed by atoms with E-state index < -0.39 is 0 Å². The van der Waals surface area contributed by atoms with Crippen molar-refractivity contribution in [3.8, 4) is 0 Å². The van der Waals surface area contributed by atoms with Gasteiger partial charge in [0.25, 0.3) is 5.91 Å². The van der Waals surface area contributed by atoms with Crippen LogP contribution in [0.5, 0.6) is 0 Å². The van der Waals surface area contributed by atoms with Gasteiger partial charge in [-0.15, -0.1) is 12.4 Å². The number of nitrogens with one attached hydrogen (secondary N) is 1. The van der Waals surface area contributed by atoms with Gasteiger partial charge < -0.3 is 10.2 Å². The number of amides is 1. The summed E-state index contributed by atoms with van der Waals surface area (Å²) in [5, 5.41) is 3.45. The van der Waals surface area contributed by atoms with Gasteiger partial charge >= 0.3 is 0 Å². The number of carbonyl (C=O) groups is 1. The molecule has 2 heterocycles. The number of halogens is 1. The minimum atomic E-state index is 0. The lowest BCUT2D eigenvalue weighted by molar-refractivity contribution is 0.0680. The summed E-state index contributed by atoms with van der Waals surface area (Å²) in [6.45, 7) is 4.16. The maximum Gasteiger partial charge on any atom is 0.254 e. The second kappa shape index (κ2) is 8.23. The summed E-state index contributed by atoms with van der Waals surface area (Å²) in [6, 6.07) is 9.05. The molecule has 0 radical (unpaired) electrons. The number of hydrogen-bond acceptors (Lipinski definition) is 3. The van der Waals surface area contributed by atoms with Crippen LogP contribution in [0.1, 0.15) is 42.1 Å². The lowest BCUT2D eigenvalue weighted by Crippen LogP contribution is -2.42. The van der Waals surface area contributed by atoms with Crippen molar-refractivity contribution in [2.75, 3.05) is 18.8 Å². The first-order valence-electron chi connectivity index (χ1n) is 7.99. The van der Waals surface area contributed by atoms with Gasteiger partial charge in [0, 0.05) is 29.9 Å². The topological polar surface area (TPSA) is 32.3 Å². The first-order valence-corrected chi connectivity index (χ1v) is 9.15. The SMILES string of the molecule is CCSCc1ccc(C(=O)N2C3CCNCC2CC3)cc1.Cl. The maximum absolute atomic E-state index is 12.8. The highest BCUT2D eigenvalue weighted by atomic mass is 35.5. The van der Waals surface area contributed by atoms with E-state index in [0.717, 1.165) is 43.0 Å². The lowest BCUT2D eigenvalue weighted by Gasteiger charge is -2.28. The smallest absolute Gasteiger partial charge is 0.254 e. The summed E-state index contributed by atoms with van der Waals surface area (Å²) in [5.41, 5.74) is 2.15. The molecule has 2 fully saturated rings. The van der Waals surface area contributed by atoms with Gasteiger partial charge in [-0.1, -0.05) is 19.1 Å². The molecule has 0 spiro atoms. The van der Waals surface area contributed by atoms with Gasteiger partial charge in [0.2, 0.25) is 0 Å². The van der Waals surface area contributed by atoms with Crippen LogP contribution in [-0.2, 0) is 5.75 Å². The van der Waals surface area contributed by atoms with Crippen molar-refractivity contribution in [2.45, 2.75) is 44.0 Å². The number of hydrogen-bond donors (Lipinski definition) is 1. The van der Waals surface area contributed by atoms with Gasteiger partial charge in [-0.2, -0.15) is 11.8 Å². The Bertz CT molecular complexity index is 480. The van der Waals surface area contributed by atoms with Crippen LogP contribution in [-0.4, -0.2) is 41.7 Å². The molecule has 2 saturated heterocycles. The Morgan fingerprint density at radius 3 is 2.68 bits per heavy atom. The van der Waals surface area contributed by atoms with Crippen LogP contribution >= 0.6 is 24.2 Å². The second-order valence-corrected chi connectivity index (χ2v) is 7.20. The van der Waals surface area contributed by atoms with Crippen molar-refractivity contribution < 1.29 is 4.79 Å². The first kappa shape index (κ1) is 17.6. The van der Waals surface area contributed by atoms with Crippen LogP contribution in [0, 0.1) is 0 Å². The standard InChI is InChI=1S/C17H24N2OS.ClH/c1-2-21-12-13-3-5-14(6-4-13)17(20)19-15-7-8-16(19)11-18-10-9-15;/h3-6,15-16,18H,2,7-12H2,1H3;1H. The summed E-state index contributed by atoms with van der Waals surface area (Å²) in [6.07, 6.45) is 3.41. The fourth-order valence-electron chi connectivity index (χ4n) is 3.43. The summed E-state index contributed by atoms with van der Waals surface area (Å²) in [7, 11) is 0. The highest BCUT2D eigenvalue weighted by Gasteiger charge is 2.38. The van der Waals surface area contributed by atoms with Crippen LogP contribution in [0.2, 0.25) is 0 Å². The number of nitrogens with zero attached hydrogens (tertiary/aromatic N) is 1. The van der Waals surface area contributed by atoms with E-state index in [2.05, 4.69) is 29.3 Å². The number of thioether (sulfide) groups is 1. The molecule has 122 valence electrons. The highest BCUT2D eigenvalue weighted by molar-refractivity contribution is 7.98.